The molecule has 6 heteroatoms. The van der Waals surface area contributed by atoms with Crippen LogP contribution < -0.4 is 4.74 Å². The van der Waals surface area contributed by atoms with Gasteiger partial charge in [0.15, 0.2) is 0 Å². The number of carbonyl (C=O) groups is 2. The van der Waals surface area contributed by atoms with E-state index in [1.807, 2.05) is 30.3 Å². The molecule has 0 aromatic heterocycles. The van der Waals surface area contributed by atoms with Crippen LogP contribution in [0.3, 0.4) is 0 Å². The van der Waals surface area contributed by atoms with Crippen LogP contribution in [-0.2, 0) is 17.8 Å². The van der Waals surface area contributed by atoms with Gasteiger partial charge >= 0.3 is 11.9 Å². The van der Waals surface area contributed by atoms with Gasteiger partial charge in [-0.15, -0.1) is 0 Å². The Morgan fingerprint density at radius 2 is 1.41 bits per heavy atom. The molecule has 0 fully saturated rings. The number of carbonyl (C=O) groups excluding carboxylic acids is 2. The molecule has 178 valence electrons. The maximum Gasteiger partial charge on any atom is 0.347 e. The lowest BCUT2D eigenvalue weighted by Gasteiger charge is -2.20. The number of aromatic hydroxyl groups is 2. The van der Waals surface area contributed by atoms with Crippen molar-refractivity contribution in [2.24, 2.45) is 0 Å². The summed E-state index contributed by atoms with van der Waals surface area (Å²) >= 11 is 0. The van der Waals surface area contributed by atoms with E-state index in [0.717, 1.165) is 5.56 Å². The van der Waals surface area contributed by atoms with Crippen molar-refractivity contribution in [3.05, 3.63) is 86.5 Å². The summed E-state index contributed by atoms with van der Waals surface area (Å²) in [4.78, 5) is 26.0. The summed E-state index contributed by atoms with van der Waals surface area (Å²) in [6, 6.07) is 10.9. The zero-order valence-corrected chi connectivity index (χ0v) is 20.4. The van der Waals surface area contributed by atoms with Gasteiger partial charge < -0.3 is 19.7 Å². The van der Waals surface area contributed by atoms with E-state index in [1.165, 1.54) is 6.07 Å². The zero-order chi connectivity index (χ0) is 25.2. The van der Waals surface area contributed by atoms with Gasteiger partial charge in [-0.05, 0) is 80.5 Å². The lowest BCUT2D eigenvalue weighted by Crippen LogP contribution is -2.16. The van der Waals surface area contributed by atoms with Gasteiger partial charge in [0, 0.05) is 5.56 Å². The highest BCUT2D eigenvalue weighted by molar-refractivity contribution is 5.98. The van der Waals surface area contributed by atoms with Crippen molar-refractivity contribution in [1.29, 1.82) is 0 Å². The summed E-state index contributed by atoms with van der Waals surface area (Å²) in [6.07, 6.45) is 0.355. The van der Waals surface area contributed by atoms with Crippen molar-refractivity contribution in [2.45, 2.75) is 54.6 Å². The van der Waals surface area contributed by atoms with Gasteiger partial charge in [0.25, 0.3) is 0 Å². The Bertz CT molecular complexity index is 1230. The van der Waals surface area contributed by atoms with Gasteiger partial charge in [-0.3, -0.25) is 0 Å². The Morgan fingerprint density at radius 3 is 1.97 bits per heavy atom. The van der Waals surface area contributed by atoms with Crippen molar-refractivity contribution < 1.29 is 29.3 Å². The molecule has 3 aromatic rings. The van der Waals surface area contributed by atoms with Crippen molar-refractivity contribution in [2.75, 3.05) is 0 Å². The Hall–Kier alpha value is -3.80. The topological polar surface area (TPSA) is 93.1 Å². The summed E-state index contributed by atoms with van der Waals surface area (Å²) in [5.74, 6) is -1.18. The van der Waals surface area contributed by atoms with E-state index in [0.29, 0.717) is 45.6 Å². The molecule has 0 atom stereocenters. The van der Waals surface area contributed by atoms with Gasteiger partial charge in [0.2, 0.25) is 0 Å². The fourth-order valence-electron chi connectivity index (χ4n) is 4.11. The third-order valence-electron chi connectivity index (χ3n) is 6.30. The van der Waals surface area contributed by atoms with Crippen LogP contribution in [0.15, 0.2) is 36.4 Å². The summed E-state index contributed by atoms with van der Waals surface area (Å²) in [6.45, 7) is 10.7. The van der Waals surface area contributed by atoms with E-state index in [2.05, 4.69) is 0 Å². The highest BCUT2D eigenvalue weighted by Crippen LogP contribution is 2.37. The van der Waals surface area contributed by atoms with Gasteiger partial charge in [-0.1, -0.05) is 37.3 Å². The number of phenols is 2. The molecule has 0 aliphatic carbocycles. The van der Waals surface area contributed by atoms with Gasteiger partial charge in [0.05, 0.1) is 5.56 Å². The Morgan fingerprint density at radius 1 is 0.824 bits per heavy atom. The summed E-state index contributed by atoms with van der Waals surface area (Å²) in [7, 11) is 0. The number of rotatable bonds is 6. The Labute approximate surface area is 199 Å². The first-order valence-corrected chi connectivity index (χ1v) is 11.2. The molecule has 3 aromatic carbocycles. The molecule has 0 spiro atoms. The number of aryl methyl sites for hydroxylation is 1. The quantitative estimate of drug-likeness (QED) is 0.356. The molecule has 2 N–H and O–H groups in total. The lowest BCUT2D eigenvalue weighted by atomic mass is 9.93. The van der Waals surface area contributed by atoms with E-state index in [9.17, 15) is 19.8 Å². The van der Waals surface area contributed by atoms with Crippen LogP contribution in [0.5, 0.6) is 17.2 Å². The molecule has 6 nitrogen and oxygen atoms in total. The monoisotopic (exact) mass is 462 g/mol. The maximum atomic E-state index is 13.1. The average molecular weight is 463 g/mol. The smallest absolute Gasteiger partial charge is 0.347 e. The van der Waals surface area contributed by atoms with Crippen molar-refractivity contribution in [3.8, 4) is 17.2 Å². The predicted octanol–water partition coefficient (Wildman–Crippen LogP) is 5.78. The maximum absolute atomic E-state index is 13.1. The summed E-state index contributed by atoms with van der Waals surface area (Å²) in [5, 5.41) is 20.7. The fourth-order valence-corrected chi connectivity index (χ4v) is 4.11. The minimum atomic E-state index is -0.728. The van der Waals surface area contributed by atoms with E-state index in [1.54, 1.807) is 41.5 Å². The molecular weight excluding hydrogens is 432 g/mol. The molecule has 0 aliphatic rings. The molecule has 34 heavy (non-hydrogen) atoms. The second-order valence-electron chi connectivity index (χ2n) is 8.42. The SMILES string of the molecule is CCc1c(O)cc(C)c(C(=O)Oc2c(C)c(C)c(C(=O)OCc3ccccc3)c(C)c2C)c1O. The molecular formula is C28H30O6. The van der Waals surface area contributed by atoms with E-state index in [-0.39, 0.29) is 29.2 Å². The largest absolute Gasteiger partial charge is 0.508 e. The second-order valence-corrected chi connectivity index (χ2v) is 8.42. The first-order chi connectivity index (χ1) is 16.1. The average Bonchev–Trinajstić information content (AvgIpc) is 2.80. The number of phenolic OH excluding ortho intramolecular Hbond substituents is 2. The number of esters is 2. The van der Waals surface area contributed by atoms with E-state index < -0.39 is 11.9 Å². The first kappa shape index (κ1) is 24.8. The van der Waals surface area contributed by atoms with Crippen molar-refractivity contribution in [3.63, 3.8) is 0 Å². The normalized spacial score (nSPS) is 10.8. The summed E-state index contributed by atoms with van der Waals surface area (Å²) < 4.78 is 11.3. The lowest BCUT2D eigenvalue weighted by molar-refractivity contribution is 0.0470. The van der Waals surface area contributed by atoms with Gasteiger partial charge in [-0.25, -0.2) is 9.59 Å². The number of hydrogen-bond donors (Lipinski definition) is 2. The molecule has 0 aliphatic heterocycles. The number of benzene rings is 3. The second kappa shape index (κ2) is 10.00. The summed E-state index contributed by atoms with van der Waals surface area (Å²) in [5.41, 5.74) is 4.62. The highest BCUT2D eigenvalue weighted by atomic mass is 16.5. The first-order valence-electron chi connectivity index (χ1n) is 11.2. The van der Waals surface area contributed by atoms with Gasteiger partial charge in [0.1, 0.15) is 29.4 Å². The van der Waals surface area contributed by atoms with Crippen LogP contribution in [0, 0.1) is 34.6 Å². The van der Waals surface area contributed by atoms with E-state index >= 15 is 0 Å². The van der Waals surface area contributed by atoms with Crippen LogP contribution in [0.1, 0.15) is 66.6 Å². The van der Waals surface area contributed by atoms with Crippen LogP contribution in [0.4, 0.5) is 0 Å². The molecule has 0 heterocycles. The van der Waals surface area contributed by atoms with Gasteiger partial charge in [-0.2, -0.15) is 0 Å². The number of ether oxygens (including phenoxy) is 2. The minimum absolute atomic E-state index is 0.00936. The predicted molar refractivity (Wildman–Crippen MR) is 130 cm³/mol. The van der Waals surface area contributed by atoms with Crippen molar-refractivity contribution >= 4 is 11.9 Å². The van der Waals surface area contributed by atoms with E-state index in [4.69, 9.17) is 9.47 Å². The number of hydrogen-bond acceptors (Lipinski definition) is 6. The Kier molecular flexibility index (Phi) is 7.30. The third-order valence-corrected chi connectivity index (χ3v) is 6.30. The molecule has 0 unspecified atom stereocenters. The highest BCUT2D eigenvalue weighted by Gasteiger charge is 2.26. The third kappa shape index (κ3) is 4.62. The molecule has 0 radical (unpaired) electrons. The minimum Gasteiger partial charge on any atom is -0.508 e. The van der Waals surface area contributed by atoms with Crippen LogP contribution in [-0.4, -0.2) is 22.2 Å². The Balaban J connectivity index is 1.94. The molecule has 0 bridgehead atoms. The molecule has 0 amide bonds. The zero-order valence-electron chi connectivity index (χ0n) is 20.4. The molecule has 0 saturated carbocycles. The van der Waals surface area contributed by atoms with Crippen LogP contribution in [0.2, 0.25) is 0 Å². The van der Waals surface area contributed by atoms with Crippen LogP contribution in [0.25, 0.3) is 0 Å². The molecule has 3 rings (SSSR count). The van der Waals surface area contributed by atoms with Crippen molar-refractivity contribution in [1.82, 2.24) is 0 Å². The fraction of sp³-hybridized carbons (Fsp3) is 0.286. The van der Waals surface area contributed by atoms with Crippen LogP contribution >= 0.6 is 0 Å². The standard InChI is InChI=1S/C28H30O6/c1-7-21-22(29)13-15(2)23(25(21)30)28(32)34-26-18(5)16(3)24(17(4)19(26)6)27(31)33-14-20-11-9-8-10-12-20/h8-13,29-30H,7,14H2,1-6H3. The molecule has 0 saturated heterocycles.